The molecule has 1 aliphatic heterocycles. The summed E-state index contributed by atoms with van der Waals surface area (Å²) < 4.78 is 5.65. The van der Waals surface area contributed by atoms with Crippen molar-refractivity contribution >= 4 is 5.91 Å². The summed E-state index contributed by atoms with van der Waals surface area (Å²) in [6.45, 7) is 6.15. The molecule has 1 aliphatic carbocycles. The van der Waals surface area contributed by atoms with Crippen LogP contribution in [0.1, 0.15) is 55.4 Å². The number of fused-ring (bicyclic) bond motifs is 1. The Morgan fingerprint density at radius 2 is 1.84 bits per heavy atom. The molecule has 31 heavy (non-hydrogen) atoms. The van der Waals surface area contributed by atoms with Crippen LogP contribution in [-0.4, -0.2) is 37.8 Å². The minimum Gasteiger partial charge on any atom is -0.421 e. The van der Waals surface area contributed by atoms with Crippen molar-refractivity contribution in [3.8, 4) is 22.6 Å². The van der Waals surface area contributed by atoms with Crippen LogP contribution in [0.4, 0.5) is 0 Å². The smallest absolute Gasteiger partial charge is 0.255 e. The number of carbonyl (C=O) groups is 1. The Morgan fingerprint density at radius 1 is 1.13 bits per heavy atom. The molecule has 2 aliphatic rings. The molecule has 1 saturated carbocycles. The fourth-order valence-electron chi connectivity index (χ4n) is 4.78. The van der Waals surface area contributed by atoms with Crippen molar-refractivity contribution in [1.82, 2.24) is 15.1 Å². The summed E-state index contributed by atoms with van der Waals surface area (Å²) >= 11 is 0. The van der Waals surface area contributed by atoms with E-state index in [0.29, 0.717) is 30.7 Å². The van der Waals surface area contributed by atoms with Gasteiger partial charge in [0.25, 0.3) is 5.91 Å². The molecule has 0 radical (unpaired) electrons. The lowest BCUT2D eigenvalue weighted by Gasteiger charge is -2.37. The number of aryl methyl sites for hydroxylation is 1. The quantitative estimate of drug-likeness (QED) is 0.640. The molecule has 0 saturated heterocycles. The normalized spacial score (nSPS) is 17.2. The van der Waals surface area contributed by atoms with Crippen molar-refractivity contribution in [1.29, 1.82) is 0 Å². The highest BCUT2D eigenvalue weighted by molar-refractivity contribution is 6.04. The lowest BCUT2D eigenvalue weighted by molar-refractivity contribution is -0.0224. The zero-order chi connectivity index (χ0) is 21.8. The Bertz CT molecular complexity index is 1120. The van der Waals surface area contributed by atoms with Gasteiger partial charge in [0.1, 0.15) is 0 Å². The topological polar surface area (TPSA) is 79.5 Å². The number of hydrogen-bond acceptors (Lipinski definition) is 5. The maximum atomic E-state index is 13.5. The second kappa shape index (κ2) is 7.31. The number of hydrogen-bond donors (Lipinski definition) is 1. The standard InChI is InChI=1S/C25H27N3O3/c1-4-20-26-27-23(31-20)17-12-8-15(9-13-17)19-7-5-6-18-14-28(24(29)21(18)19)22(16-10-11-16)25(2,3)30/h5-9,12-13,16,22,30H,4,10-11,14H2,1-3H3/t22-/m1/s1. The summed E-state index contributed by atoms with van der Waals surface area (Å²) in [7, 11) is 0. The summed E-state index contributed by atoms with van der Waals surface area (Å²) in [5.74, 6) is 1.51. The van der Waals surface area contributed by atoms with Gasteiger partial charge in [0, 0.05) is 18.5 Å². The van der Waals surface area contributed by atoms with Crippen molar-refractivity contribution < 1.29 is 14.3 Å². The van der Waals surface area contributed by atoms with Crippen LogP contribution < -0.4 is 0 Å². The van der Waals surface area contributed by atoms with Gasteiger partial charge >= 0.3 is 0 Å². The molecule has 3 aromatic rings. The third-order valence-electron chi connectivity index (χ3n) is 6.31. The molecule has 1 atom stereocenters. The van der Waals surface area contributed by atoms with E-state index in [9.17, 15) is 9.90 Å². The van der Waals surface area contributed by atoms with Gasteiger partial charge in [-0.15, -0.1) is 10.2 Å². The molecule has 1 aromatic heterocycles. The van der Waals surface area contributed by atoms with Crippen molar-refractivity contribution in [2.24, 2.45) is 5.92 Å². The molecule has 1 N–H and O–H groups in total. The number of benzene rings is 2. The van der Waals surface area contributed by atoms with E-state index in [2.05, 4.69) is 10.2 Å². The van der Waals surface area contributed by atoms with E-state index in [-0.39, 0.29) is 11.9 Å². The summed E-state index contributed by atoms with van der Waals surface area (Å²) in [6.07, 6.45) is 2.84. The van der Waals surface area contributed by atoms with Crippen LogP contribution in [0.25, 0.3) is 22.6 Å². The zero-order valence-electron chi connectivity index (χ0n) is 18.1. The monoisotopic (exact) mass is 417 g/mol. The summed E-state index contributed by atoms with van der Waals surface area (Å²) in [6, 6.07) is 13.7. The average Bonchev–Trinajstić information content (AvgIpc) is 3.35. The predicted molar refractivity (Wildman–Crippen MR) is 117 cm³/mol. The summed E-state index contributed by atoms with van der Waals surface area (Å²) in [5.41, 5.74) is 3.58. The number of rotatable bonds is 6. The first-order valence-corrected chi connectivity index (χ1v) is 10.9. The van der Waals surface area contributed by atoms with Crippen molar-refractivity contribution in [3.63, 3.8) is 0 Å². The number of nitrogens with zero attached hydrogens (tertiary/aromatic N) is 3. The minimum atomic E-state index is -0.928. The largest absolute Gasteiger partial charge is 0.421 e. The molecule has 5 rings (SSSR count). The van der Waals surface area contributed by atoms with Crippen LogP contribution in [0, 0.1) is 5.92 Å². The maximum absolute atomic E-state index is 13.5. The highest BCUT2D eigenvalue weighted by Crippen LogP contribution is 2.44. The molecule has 1 amide bonds. The molecular formula is C25H27N3O3. The van der Waals surface area contributed by atoms with Crippen LogP contribution in [0.15, 0.2) is 46.9 Å². The van der Waals surface area contributed by atoms with E-state index in [1.54, 1.807) is 0 Å². The fourth-order valence-corrected chi connectivity index (χ4v) is 4.78. The molecule has 0 spiro atoms. The van der Waals surface area contributed by atoms with E-state index in [0.717, 1.165) is 40.7 Å². The van der Waals surface area contributed by atoms with Gasteiger partial charge in [0.15, 0.2) is 0 Å². The Labute approximate surface area is 181 Å². The fraction of sp³-hybridized carbons (Fsp3) is 0.400. The zero-order valence-corrected chi connectivity index (χ0v) is 18.1. The number of carbonyl (C=O) groups excluding carboxylic acids is 1. The van der Waals surface area contributed by atoms with Crippen LogP contribution in [-0.2, 0) is 13.0 Å². The first-order chi connectivity index (χ1) is 14.9. The lowest BCUT2D eigenvalue weighted by atomic mass is 9.92. The number of aliphatic hydroxyl groups is 1. The molecule has 0 unspecified atom stereocenters. The van der Waals surface area contributed by atoms with E-state index in [1.165, 1.54) is 0 Å². The van der Waals surface area contributed by atoms with Gasteiger partial charge in [0.05, 0.1) is 17.2 Å². The number of amides is 1. The van der Waals surface area contributed by atoms with Gasteiger partial charge < -0.3 is 14.4 Å². The Kier molecular flexibility index (Phi) is 4.70. The van der Waals surface area contributed by atoms with E-state index in [4.69, 9.17) is 4.42 Å². The first kappa shape index (κ1) is 19.9. The second-order valence-electron chi connectivity index (χ2n) is 9.14. The minimum absolute atomic E-state index is 0.0122. The van der Waals surface area contributed by atoms with Gasteiger partial charge in [-0.25, -0.2) is 0 Å². The Balaban J connectivity index is 1.47. The highest BCUT2D eigenvalue weighted by Gasteiger charge is 2.48. The Hall–Kier alpha value is -2.99. The lowest BCUT2D eigenvalue weighted by Crippen LogP contribution is -2.51. The average molecular weight is 418 g/mol. The van der Waals surface area contributed by atoms with Gasteiger partial charge in [0.2, 0.25) is 11.8 Å². The van der Waals surface area contributed by atoms with Crippen molar-refractivity contribution in [3.05, 3.63) is 59.5 Å². The van der Waals surface area contributed by atoms with E-state index >= 15 is 0 Å². The highest BCUT2D eigenvalue weighted by atomic mass is 16.4. The SMILES string of the molecule is CCc1nnc(-c2ccc(-c3cccc4c3C(=O)N([C@H](C3CC3)C(C)(C)O)C4)cc2)o1. The molecule has 160 valence electrons. The van der Waals surface area contributed by atoms with Crippen LogP contribution >= 0.6 is 0 Å². The van der Waals surface area contributed by atoms with Gasteiger partial charge in [-0.3, -0.25) is 4.79 Å². The van der Waals surface area contributed by atoms with E-state index < -0.39 is 5.60 Å². The third-order valence-corrected chi connectivity index (χ3v) is 6.31. The van der Waals surface area contributed by atoms with Gasteiger partial charge in [-0.1, -0.05) is 37.3 Å². The van der Waals surface area contributed by atoms with Gasteiger partial charge in [-0.2, -0.15) is 0 Å². The predicted octanol–water partition coefficient (Wildman–Crippen LogP) is 4.47. The molecule has 2 heterocycles. The molecular weight excluding hydrogens is 390 g/mol. The van der Waals surface area contributed by atoms with Crippen molar-refractivity contribution in [2.45, 2.75) is 58.2 Å². The van der Waals surface area contributed by atoms with E-state index in [1.807, 2.05) is 68.1 Å². The second-order valence-corrected chi connectivity index (χ2v) is 9.14. The molecule has 6 heteroatoms. The molecule has 2 aromatic carbocycles. The van der Waals surface area contributed by atoms with Crippen LogP contribution in [0.2, 0.25) is 0 Å². The van der Waals surface area contributed by atoms with Crippen LogP contribution in [0.3, 0.4) is 0 Å². The first-order valence-electron chi connectivity index (χ1n) is 10.9. The summed E-state index contributed by atoms with van der Waals surface area (Å²) in [4.78, 5) is 15.4. The molecule has 0 bridgehead atoms. The molecule has 1 fully saturated rings. The van der Waals surface area contributed by atoms with Crippen molar-refractivity contribution in [2.75, 3.05) is 0 Å². The third kappa shape index (κ3) is 3.55. The molecule has 6 nitrogen and oxygen atoms in total. The number of aromatic nitrogens is 2. The summed E-state index contributed by atoms with van der Waals surface area (Å²) in [5, 5.41) is 18.9. The van der Waals surface area contributed by atoms with Gasteiger partial charge in [-0.05, 0) is 61.4 Å². The maximum Gasteiger partial charge on any atom is 0.255 e. The van der Waals surface area contributed by atoms with Crippen LogP contribution in [0.5, 0.6) is 0 Å². The Morgan fingerprint density at radius 3 is 2.45 bits per heavy atom.